The monoisotopic (exact) mass is 383 g/mol. The molecule has 4 nitrogen and oxygen atoms in total. The maximum atomic E-state index is 12.5. The third kappa shape index (κ3) is 5.58. The van der Waals surface area contributed by atoms with Crippen molar-refractivity contribution < 1.29 is 4.79 Å². The van der Waals surface area contributed by atoms with Crippen LogP contribution in [0.1, 0.15) is 28.4 Å². The summed E-state index contributed by atoms with van der Waals surface area (Å²) in [5.41, 5.74) is 3.21. The third-order valence-corrected chi connectivity index (χ3v) is 5.96. The summed E-state index contributed by atoms with van der Waals surface area (Å²) in [6, 6.07) is 16.2. The van der Waals surface area contributed by atoms with E-state index >= 15 is 0 Å². The molecule has 1 N–H and O–H groups in total. The molecule has 3 rings (SSSR count). The zero-order valence-corrected chi connectivity index (χ0v) is 17.1. The number of rotatable bonds is 7. The zero-order chi connectivity index (χ0) is 19.1. The quantitative estimate of drug-likeness (QED) is 0.743. The molecule has 1 fully saturated rings. The number of likely N-dealkylation sites (N-methyl/N-ethyl adjacent to an activating group) is 1. The minimum absolute atomic E-state index is 0.0194. The van der Waals surface area contributed by atoms with E-state index < -0.39 is 0 Å². The van der Waals surface area contributed by atoms with Crippen molar-refractivity contribution >= 4 is 17.7 Å². The van der Waals surface area contributed by atoms with Crippen LogP contribution in [0.4, 0.5) is 0 Å². The summed E-state index contributed by atoms with van der Waals surface area (Å²) < 4.78 is 0. The fraction of sp³-hybridized carbons (Fsp3) is 0.409. The van der Waals surface area contributed by atoms with Crippen molar-refractivity contribution in [3.05, 3.63) is 65.2 Å². The Morgan fingerprint density at radius 1 is 0.963 bits per heavy atom. The van der Waals surface area contributed by atoms with Crippen LogP contribution in [0.25, 0.3) is 0 Å². The van der Waals surface area contributed by atoms with Gasteiger partial charge in [0.25, 0.3) is 5.91 Å². The minimum Gasteiger partial charge on any atom is -0.348 e. The summed E-state index contributed by atoms with van der Waals surface area (Å²) in [5, 5.41) is 3.07. The number of amides is 1. The lowest BCUT2D eigenvalue weighted by molar-refractivity contribution is 0.0950. The average Bonchev–Trinajstić information content (AvgIpc) is 2.73. The van der Waals surface area contributed by atoms with Crippen LogP contribution in [-0.2, 0) is 13.1 Å². The number of piperazine rings is 1. The van der Waals surface area contributed by atoms with Crippen LogP contribution in [0.3, 0.4) is 0 Å². The van der Waals surface area contributed by atoms with Gasteiger partial charge in [0.2, 0.25) is 0 Å². The number of nitrogens with zero attached hydrogens (tertiary/aromatic N) is 2. The van der Waals surface area contributed by atoms with E-state index in [1.807, 2.05) is 36.6 Å². The second kappa shape index (κ2) is 9.93. The Morgan fingerprint density at radius 3 is 2.22 bits per heavy atom. The Labute approximate surface area is 166 Å². The number of nitrogens with one attached hydrogen (secondary N) is 1. The fourth-order valence-electron chi connectivity index (χ4n) is 3.41. The summed E-state index contributed by atoms with van der Waals surface area (Å²) in [6.45, 7) is 9.37. The molecule has 1 heterocycles. The van der Waals surface area contributed by atoms with Gasteiger partial charge in [-0.2, -0.15) is 0 Å². The highest BCUT2D eigenvalue weighted by Crippen LogP contribution is 2.16. The lowest BCUT2D eigenvalue weighted by atomic mass is 10.1. The molecule has 0 saturated carbocycles. The second-order valence-corrected chi connectivity index (χ2v) is 7.77. The maximum Gasteiger partial charge on any atom is 0.251 e. The number of carbonyl (C=O) groups is 1. The summed E-state index contributed by atoms with van der Waals surface area (Å²) in [5.74, 6) is -0.0194. The second-order valence-electron chi connectivity index (χ2n) is 6.89. The molecule has 1 aliphatic rings. The smallest absolute Gasteiger partial charge is 0.251 e. The molecule has 1 amide bonds. The lowest BCUT2D eigenvalue weighted by Gasteiger charge is -2.34. The Hall–Kier alpha value is -1.82. The zero-order valence-electron chi connectivity index (χ0n) is 16.3. The summed E-state index contributed by atoms with van der Waals surface area (Å²) in [4.78, 5) is 18.6. The van der Waals surface area contributed by atoms with Gasteiger partial charge in [0.15, 0.2) is 0 Å². The van der Waals surface area contributed by atoms with E-state index in [1.165, 1.54) is 16.0 Å². The highest BCUT2D eigenvalue weighted by molar-refractivity contribution is 7.98. The van der Waals surface area contributed by atoms with Crippen molar-refractivity contribution in [2.45, 2.75) is 24.9 Å². The minimum atomic E-state index is -0.0194. The van der Waals surface area contributed by atoms with Gasteiger partial charge in [-0.05, 0) is 48.2 Å². The van der Waals surface area contributed by atoms with Gasteiger partial charge in [-0.1, -0.05) is 31.2 Å². The molecule has 0 aromatic heterocycles. The summed E-state index contributed by atoms with van der Waals surface area (Å²) >= 11 is 1.68. The molecule has 1 aliphatic heterocycles. The van der Waals surface area contributed by atoms with E-state index in [-0.39, 0.29) is 5.91 Å². The van der Waals surface area contributed by atoms with Crippen LogP contribution in [0, 0.1) is 0 Å². The molecule has 0 bridgehead atoms. The SMILES string of the molecule is CCN1CCN(Cc2ccccc2CNC(=O)c2ccc(SC)cc2)CC1. The van der Waals surface area contributed by atoms with Crippen molar-refractivity contribution in [2.75, 3.05) is 39.0 Å². The molecule has 0 aliphatic carbocycles. The van der Waals surface area contributed by atoms with Crippen molar-refractivity contribution in [3.8, 4) is 0 Å². The van der Waals surface area contributed by atoms with Gasteiger partial charge in [-0.3, -0.25) is 9.69 Å². The number of benzene rings is 2. The largest absolute Gasteiger partial charge is 0.348 e. The van der Waals surface area contributed by atoms with Crippen molar-refractivity contribution in [3.63, 3.8) is 0 Å². The highest BCUT2D eigenvalue weighted by Gasteiger charge is 2.16. The molecule has 0 spiro atoms. The molecule has 0 atom stereocenters. The average molecular weight is 384 g/mol. The Morgan fingerprint density at radius 2 is 1.59 bits per heavy atom. The van der Waals surface area contributed by atoms with Crippen LogP contribution in [0.2, 0.25) is 0 Å². The molecule has 1 saturated heterocycles. The van der Waals surface area contributed by atoms with Crippen LogP contribution < -0.4 is 5.32 Å². The predicted octanol–water partition coefficient (Wildman–Crippen LogP) is 3.48. The van der Waals surface area contributed by atoms with E-state index in [1.54, 1.807) is 11.8 Å². The molecule has 0 unspecified atom stereocenters. The summed E-state index contributed by atoms with van der Waals surface area (Å²) in [6.07, 6.45) is 2.04. The molecular weight excluding hydrogens is 354 g/mol. The third-order valence-electron chi connectivity index (χ3n) is 5.22. The Balaban J connectivity index is 1.58. The standard InChI is InChI=1S/C22H29N3OS/c1-3-24-12-14-25(15-13-24)17-20-7-5-4-6-19(20)16-23-22(26)18-8-10-21(27-2)11-9-18/h4-11H,3,12-17H2,1-2H3,(H,23,26). The maximum absolute atomic E-state index is 12.5. The van der Waals surface area contributed by atoms with Crippen molar-refractivity contribution in [2.24, 2.45) is 0 Å². The van der Waals surface area contributed by atoms with E-state index in [0.717, 1.165) is 39.3 Å². The van der Waals surface area contributed by atoms with Gasteiger partial charge in [0.05, 0.1) is 0 Å². The molecular formula is C22H29N3OS. The van der Waals surface area contributed by atoms with Crippen LogP contribution >= 0.6 is 11.8 Å². The molecule has 144 valence electrons. The van der Waals surface area contributed by atoms with Gasteiger partial charge in [0.1, 0.15) is 0 Å². The van der Waals surface area contributed by atoms with Gasteiger partial charge < -0.3 is 10.2 Å². The first kappa shape index (κ1) is 19.9. The molecule has 2 aromatic rings. The Kier molecular flexibility index (Phi) is 7.33. The van der Waals surface area contributed by atoms with Crippen molar-refractivity contribution in [1.82, 2.24) is 15.1 Å². The van der Waals surface area contributed by atoms with Crippen molar-refractivity contribution in [1.29, 1.82) is 0 Å². The van der Waals surface area contributed by atoms with Gasteiger partial charge in [-0.25, -0.2) is 0 Å². The van der Waals surface area contributed by atoms with E-state index in [4.69, 9.17) is 0 Å². The highest BCUT2D eigenvalue weighted by atomic mass is 32.2. The van der Waals surface area contributed by atoms with Gasteiger partial charge >= 0.3 is 0 Å². The van der Waals surface area contributed by atoms with E-state index in [9.17, 15) is 4.79 Å². The molecule has 5 heteroatoms. The molecule has 27 heavy (non-hydrogen) atoms. The fourth-order valence-corrected chi connectivity index (χ4v) is 3.82. The summed E-state index contributed by atoms with van der Waals surface area (Å²) in [7, 11) is 0. The number of thioether (sulfide) groups is 1. The number of hydrogen-bond donors (Lipinski definition) is 1. The Bertz CT molecular complexity index is 739. The predicted molar refractivity (Wildman–Crippen MR) is 113 cm³/mol. The van der Waals surface area contributed by atoms with Crippen LogP contribution in [0.5, 0.6) is 0 Å². The lowest BCUT2D eigenvalue weighted by Crippen LogP contribution is -2.45. The first-order chi connectivity index (χ1) is 13.2. The first-order valence-corrected chi connectivity index (χ1v) is 10.9. The van der Waals surface area contributed by atoms with Crippen LogP contribution in [0.15, 0.2) is 53.4 Å². The first-order valence-electron chi connectivity index (χ1n) is 9.63. The van der Waals surface area contributed by atoms with E-state index in [2.05, 4.69) is 40.2 Å². The number of hydrogen-bond acceptors (Lipinski definition) is 4. The van der Waals surface area contributed by atoms with E-state index in [0.29, 0.717) is 12.1 Å². The van der Waals surface area contributed by atoms with Gasteiger partial charge in [0, 0.05) is 49.7 Å². The number of carbonyl (C=O) groups excluding carboxylic acids is 1. The molecule has 2 aromatic carbocycles. The topological polar surface area (TPSA) is 35.6 Å². The van der Waals surface area contributed by atoms with Crippen LogP contribution in [-0.4, -0.2) is 54.7 Å². The van der Waals surface area contributed by atoms with Gasteiger partial charge in [-0.15, -0.1) is 11.8 Å². The normalized spacial score (nSPS) is 15.6. The molecule has 0 radical (unpaired) electrons.